The van der Waals surface area contributed by atoms with E-state index in [9.17, 15) is 33.1 Å². The van der Waals surface area contributed by atoms with E-state index >= 15 is 0 Å². The molecule has 3 aromatic rings. The number of hydrogen-bond acceptors (Lipinski definition) is 7. The summed E-state index contributed by atoms with van der Waals surface area (Å²) in [7, 11) is 0. The van der Waals surface area contributed by atoms with E-state index in [1.165, 1.54) is 42.5 Å². The smallest absolute Gasteiger partial charge is 0.328 e. The van der Waals surface area contributed by atoms with E-state index in [-0.39, 0.29) is 17.2 Å². The zero-order valence-electron chi connectivity index (χ0n) is 17.7. The number of anilines is 1. The van der Waals surface area contributed by atoms with E-state index in [0.29, 0.717) is 5.69 Å². The van der Waals surface area contributed by atoms with E-state index < -0.39 is 57.4 Å². The van der Waals surface area contributed by atoms with Crippen LogP contribution in [0.1, 0.15) is 23.6 Å². The molecule has 0 unspecified atom stereocenters. The first-order valence-electron chi connectivity index (χ1n) is 10.1. The molecular weight excluding hydrogens is 484 g/mol. The summed E-state index contributed by atoms with van der Waals surface area (Å²) in [5.74, 6) is -3.07. The van der Waals surface area contributed by atoms with Crippen molar-refractivity contribution in [3.8, 4) is 5.88 Å². The molecular formula is C22H17F2N5O5S. The fourth-order valence-electron chi connectivity index (χ4n) is 3.36. The number of thioether (sulfide) groups is 1. The Morgan fingerprint density at radius 3 is 2.49 bits per heavy atom. The number of benzene rings is 2. The average Bonchev–Trinajstić information content (AvgIpc) is 3.13. The molecule has 35 heavy (non-hydrogen) atoms. The van der Waals surface area contributed by atoms with E-state index in [4.69, 9.17) is 0 Å². The lowest BCUT2D eigenvalue weighted by atomic mass is 10.0. The molecule has 0 aliphatic carbocycles. The molecule has 0 spiro atoms. The van der Waals surface area contributed by atoms with Gasteiger partial charge in [0, 0.05) is 17.7 Å². The van der Waals surface area contributed by atoms with Crippen LogP contribution in [0.5, 0.6) is 5.88 Å². The van der Waals surface area contributed by atoms with Crippen molar-refractivity contribution in [1.82, 2.24) is 15.3 Å². The van der Waals surface area contributed by atoms with Gasteiger partial charge in [0.25, 0.3) is 5.56 Å². The third-order valence-electron chi connectivity index (χ3n) is 4.95. The Kier molecular flexibility index (Phi) is 6.78. The average molecular weight is 501 g/mol. The molecule has 2 aromatic carbocycles. The molecule has 1 saturated heterocycles. The van der Waals surface area contributed by atoms with Crippen molar-refractivity contribution in [3.63, 3.8) is 0 Å². The molecule has 2 heterocycles. The maximum absolute atomic E-state index is 14.6. The van der Waals surface area contributed by atoms with Gasteiger partial charge >= 0.3 is 5.69 Å². The number of H-pyrrole nitrogens is 2. The summed E-state index contributed by atoms with van der Waals surface area (Å²) in [4.78, 5) is 56.9. The van der Waals surface area contributed by atoms with Gasteiger partial charge in [0.05, 0.1) is 0 Å². The molecule has 13 heteroatoms. The topological polar surface area (TPSA) is 157 Å². The number of aromatic nitrogens is 2. The number of carbonyl (C=O) groups excluding carboxylic acids is 2. The molecule has 2 amide bonds. The van der Waals surface area contributed by atoms with Crippen molar-refractivity contribution in [3.05, 3.63) is 92.1 Å². The minimum atomic E-state index is -1.42. The van der Waals surface area contributed by atoms with Gasteiger partial charge in [-0.25, -0.2) is 18.6 Å². The highest BCUT2D eigenvalue weighted by Crippen LogP contribution is 2.32. The lowest BCUT2D eigenvalue weighted by Crippen LogP contribution is -2.29. The molecule has 5 N–H and O–H groups in total. The summed E-state index contributed by atoms with van der Waals surface area (Å²) in [5, 5.41) is 14.3. The molecule has 1 fully saturated rings. The van der Waals surface area contributed by atoms with Crippen LogP contribution in [-0.2, 0) is 9.59 Å². The largest absolute Gasteiger partial charge is 0.494 e. The Bertz CT molecular complexity index is 1440. The molecule has 1 aromatic heterocycles. The standard InChI is InChI=1S/C22H17F2N5O5S/c23-10-5-7-11(8-6-10)25-15(30)9-14-18(31)29-22(35-14)26-17(12-3-1-2-4-13(12)24)16-19(32)27-21(34)28-20(16)33/h1-8,14,17H,9H2,(H,25,30)(H,26,29,31)(H3,27,28,32,33,34)/t14-,17+/m0/s1. The molecule has 1 aliphatic rings. The number of nitrogens with one attached hydrogen (secondary N) is 4. The minimum absolute atomic E-state index is 0.0205. The first kappa shape index (κ1) is 23.9. The zero-order valence-corrected chi connectivity index (χ0v) is 18.5. The number of nitrogens with zero attached hydrogens (tertiary/aromatic N) is 1. The lowest BCUT2D eigenvalue weighted by Gasteiger charge is -2.15. The third kappa shape index (κ3) is 5.46. The predicted octanol–water partition coefficient (Wildman–Crippen LogP) is 1.75. The molecule has 4 rings (SSSR count). The number of aromatic hydroxyl groups is 1. The molecule has 2 atom stereocenters. The molecule has 0 saturated carbocycles. The maximum Gasteiger partial charge on any atom is 0.328 e. The van der Waals surface area contributed by atoms with Crippen LogP contribution in [-0.4, -0.2) is 37.3 Å². The number of aromatic amines is 2. The molecule has 0 radical (unpaired) electrons. The number of halogens is 2. The highest BCUT2D eigenvalue weighted by Gasteiger charge is 2.34. The maximum atomic E-state index is 14.6. The van der Waals surface area contributed by atoms with E-state index in [1.807, 2.05) is 9.97 Å². The number of rotatable bonds is 6. The van der Waals surface area contributed by atoms with E-state index in [0.717, 1.165) is 17.8 Å². The second kappa shape index (κ2) is 9.93. The quantitative estimate of drug-likeness (QED) is 0.346. The van der Waals surface area contributed by atoms with Crippen LogP contribution >= 0.6 is 11.8 Å². The van der Waals surface area contributed by atoms with Crippen LogP contribution < -0.4 is 21.9 Å². The summed E-state index contributed by atoms with van der Waals surface area (Å²) >= 11 is 0.879. The van der Waals surface area contributed by atoms with Gasteiger partial charge in [-0.15, -0.1) is 0 Å². The van der Waals surface area contributed by atoms with Crippen molar-refractivity contribution in [2.45, 2.75) is 17.7 Å². The lowest BCUT2D eigenvalue weighted by molar-refractivity contribution is -0.122. The molecule has 0 bridgehead atoms. The van der Waals surface area contributed by atoms with Gasteiger partial charge in [0.2, 0.25) is 17.7 Å². The second-order valence-electron chi connectivity index (χ2n) is 7.38. The third-order valence-corrected chi connectivity index (χ3v) is 6.05. The van der Waals surface area contributed by atoms with Crippen molar-refractivity contribution >= 4 is 34.4 Å². The predicted molar refractivity (Wildman–Crippen MR) is 124 cm³/mol. The Morgan fingerprint density at radius 2 is 1.80 bits per heavy atom. The SMILES string of the molecule is O=C(C[C@@H]1SC(=N[C@H](c2ccccc2F)c2c(O)[nH]c(=O)[nH]c2=O)NC1=O)Nc1ccc(F)cc1. The number of hydrogen-bond donors (Lipinski definition) is 5. The Balaban J connectivity index is 1.60. The van der Waals surface area contributed by atoms with Crippen molar-refractivity contribution in [2.24, 2.45) is 4.99 Å². The Hall–Kier alpha value is -4.26. The van der Waals surface area contributed by atoms with Crippen LogP contribution in [0.25, 0.3) is 0 Å². The monoisotopic (exact) mass is 501 g/mol. The van der Waals surface area contributed by atoms with Gasteiger partial charge in [-0.3, -0.25) is 24.4 Å². The van der Waals surface area contributed by atoms with Crippen molar-refractivity contribution in [1.29, 1.82) is 0 Å². The number of carbonyl (C=O) groups is 2. The van der Waals surface area contributed by atoms with Gasteiger partial charge in [-0.05, 0) is 30.3 Å². The van der Waals surface area contributed by atoms with Crippen LogP contribution in [0.2, 0.25) is 0 Å². The van der Waals surface area contributed by atoms with Gasteiger partial charge in [-0.1, -0.05) is 30.0 Å². The first-order chi connectivity index (χ1) is 16.7. The normalized spacial score (nSPS) is 17.3. The second-order valence-corrected chi connectivity index (χ2v) is 8.58. The van der Waals surface area contributed by atoms with Crippen LogP contribution in [0.15, 0.2) is 63.1 Å². The van der Waals surface area contributed by atoms with E-state index in [2.05, 4.69) is 15.6 Å². The molecule has 180 valence electrons. The van der Waals surface area contributed by atoms with E-state index in [1.54, 1.807) is 0 Å². The van der Waals surface area contributed by atoms with Gasteiger partial charge in [0.15, 0.2) is 5.17 Å². The van der Waals surface area contributed by atoms with Gasteiger partial charge < -0.3 is 15.7 Å². The molecule has 1 aliphatic heterocycles. The summed E-state index contributed by atoms with van der Waals surface area (Å²) in [5.41, 5.74) is -2.14. The highest BCUT2D eigenvalue weighted by atomic mass is 32.2. The fourth-order valence-corrected chi connectivity index (χ4v) is 4.35. The van der Waals surface area contributed by atoms with Gasteiger partial charge in [0.1, 0.15) is 28.5 Å². The number of amidine groups is 1. The van der Waals surface area contributed by atoms with Crippen LogP contribution in [0, 0.1) is 11.6 Å². The van der Waals surface area contributed by atoms with Crippen LogP contribution in [0.4, 0.5) is 14.5 Å². The summed E-state index contributed by atoms with van der Waals surface area (Å²) < 4.78 is 27.6. The Labute approximate surface area is 199 Å². The van der Waals surface area contributed by atoms with Crippen molar-refractivity contribution in [2.75, 3.05) is 5.32 Å². The Morgan fingerprint density at radius 1 is 1.09 bits per heavy atom. The van der Waals surface area contributed by atoms with Gasteiger partial charge in [-0.2, -0.15) is 0 Å². The number of aliphatic imine (C=N–C) groups is 1. The number of amides is 2. The summed E-state index contributed by atoms with van der Waals surface area (Å²) in [6.45, 7) is 0. The van der Waals surface area contributed by atoms with Crippen LogP contribution in [0.3, 0.4) is 0 Å². The summed E-state index contributed by atoms with van der Waals surface area (Å²) in [6, 6.07) is 9.04. The molecule has 10 nitrogen and oxygen atoms in total. The van der Waals surface area contributed by atoms with Crippen molar-refractivity contribution < 1.29 is 23.5 Å². The highest BCUT2D eigenvalue weighted by molar-refractivity contribution is 8.15. The zero-order chi connectivity index (χ0) is 25.1. The first-order valence-corrected chi connectivity index (χ1v) is 11.0. The summed E-state index contributed by atoms with van der Waals surface area (Å²) in [6.07, 6.45) is -0.248. The minimum Gasteiger partial charge on any atom is -0.494 e. The fraction of sp³-hybridized carbons (Fsp3) is 0.136.